The summed E-state index contributed by atoms with van der Waals surface area (Å²) >= 11 is 0. The van der Waals surface area contributed by atoms with Gasteiger partial charge in [-0.25, -0.2) is 4.98 Å². The molecule has 0 saturated heterocycles. The molecule has 0 fully saturated rings. The maximum Gasteiger partial charge on any atom is 0.296 e. The van der Waals surface area contributed by atoms with E-state index < -0.39 is 0 Å². The normalized spacial score (nSPS) is 10.5. The highest BCUT2D eigenvalue weighted by Gasteiger charge is 2.08. The molecule has 5 heteroatoms. The molecule has 0 atom stereocenters. The number of hydrogen-bond acceptors (Lipinski definition) is 4. The number of imidazole rings is 1. The fraction of sp³-hybridized carbons (Fsp3) is 0. The third-order valence-electron chi connectivity index (χ3n) is 0.840. The van der Waals surface area contributed by atoms with Gasteiger partial charge in [0.15, 0.2) is 0 Å². The molecule has 2 heterocycles. The van der Waals surface area contributed by atoms with Gasteiger partial charge in [-0.3, -0.25) is 0 Å². The van der Waals surface area contributed by atoms with Crippen LogP contribution in [0.1, 0.15) is 0 Å². The van der Waals surface area contributed by atoms with E-state index in [2.05, 4.69) is 24.9 Å². The van der Waals surface area contributed by atoms with Crippen molar-refractivity contribution in [3.63, 3.8) is 0 Å². The molecule has 0 aliphatic carbocycles. The minimum Gasteiger partial charge on any atom is -0.340 e. The third kappa shape index (κ3) is 0.281. The van der Waals surface area contributed by atoms with E-state index in [4.69, 9.17) is 0 Å². The maximum absolute atomic E-state index is 4.65. The van der Waals surface area contributed by atoms with E-state index in [0.717, 1.165) is 0 Å². The minimum absolute atomic E-state index is 0.449. The molecule has 0 aromatic heterocycles. The van der Waals surface area contributed by atoms with Crippen LogP contribution in [-0.2, 0) is 0 Å². The molecule has 0 unspecified atom stereocenters. The van der Waals surface area contributed by atoms with Crippen LogP contribution in [0.4, 0.5) is 0 Å². The molecule has 8 heavy (non-hydrogen) atoms. The lowest BCUT2D eigenvalue weighted by molar-refractivity contribution is 0.398. The van der Waals surface area contributed by atoms with Gasteiger partial charge in [0, 0.05) is 0 Å². The second-order valence-corrected chi connectivity index (χ2v) is 1.31. The highest BCUT2D eigenvalue weighted by molar-refractivity contribution is 5.38. The molecule has 5 nitrogen and oxygen atoms in total. The van der Waals surface area contributed by atoms with E-state index in [1.54, 1.807) is 0 Å². The first-order valence-electron chi connectivity index (χ1n) is 2.07. The Balaban J connectivity index is 2.84. The summed E-state index contributed by atoms with van der Waals surface area (Å²) in [5, 5.41) is 5.88. The fourth-order valence-electron chi connectivity index (χ4n) is 0.507. The summed E-state index contributed by atoms with van der Waals surface area (Å²) in [5.41, 5.74) is 0. The molecule has 0 saturated carbocycles. The van der Waals surface area contributed by atoms with Crippen LogP contribution in [0.3, 0.4) is 0 Å². The Bertz CT molecular complexity index is 203. The quantitative estimate of drug-likeness (QED) is 0.514. The molecule has 0 aromatic rings. The summed E-state index contributed by atoms with van der Waals surface area (Å²) in [6.45, 7) is 0. The second-order valence-electron chi connectivity index (χ2n) is 1.31. The molecule has 2 aliphatic heterocycles. The summed E-state index contributed by atoms with van der Waals surface area (Å²) in [4.78, 5) is 7.44. The van der Waals surface area contributed by atoms with Crippen LogP contribution in [-0.4, -0.2) is 20.3 Å². The molecule has 0 spiro atoms. The topological polar surface area (TPSA) is 67.6 Å². The molecule has 0 radical (unpaired) electrons. The van der Waals surface area contributed by atoms with Gasteiger partial charge in [0.2, 0.25) is 5.82 Å². The lowest BCUT2D eigenvalue weighted by atomic mass is 10.6. The average Bonchev–Trinajstić information content (AvgIpc) is 2.15. The molecule has 2 aliphatic rings. The number of nitrogens with zero attached hydrogens (tertiary/aromatic N) is 3. The van der Waals surface area contributed by atoms with Gasteiger partial charge >= 0.3 is 0 Å². The van der Waals surface area contributed by atoms with Crippen molar-refractivity contribution in [1.29, 1.82) is 0 Å². The van der Waals surface area contributed by atoms with E-state index in [9.17, 15) is 0 Å². The number of rotatable bonds is 0. The molecule has 2 rings (SSSR count). The van der Waals surface area contributed by atoms with Gasteiger partial charge in [0.05, 0.1) is 0 Å². The van der Waals surface area contributed by atoms with Crippen LogP contribution in [0.2, 0.25) is 0 Å². The van der Waals surface area contributed by atoms with Crippen LogP contribution in [0.5, 0.6) is 0 Å². The van der Waals surface area contributed by atoms with E-state index in [1.165, 1.54) is 6.33 Å². The summed E-state index contributed by atoms with van der Waals surface area (Å²) in [6.07, 6.45) is 1.40. The van der Waals surface area contributed by atoms with Crippen molar-refractivity contribution in [2.75, 3.05) is 0 Å². The molecule has 0 bridgehead atoms. The van der Waals surface area contributed by atoms with Gasteiger partial charge in [0.25, 0.3) is 5.89 Å². The van der Waals surface area contributed by atoms with Gasteiger partial charge in [0.1, 0.15) is 6.33 Å². The van der Waals surface area contributed by atoms with Crippen LogP contribution in [0.25, 0.3) is 11.7 Å². The van der Waals surface area contributed by atoms with Gasteiger partial charge in [-0.15, -0.1) is 10.4 Å². The number of aromatic nitrogens is 4. The number of nitrogens with one attached hydrogen (secondary N) is 1. The number of H-pyrrole nitrogens is 1. The highest BCUT2D eigenvalue weighted by Crippen LogP contribution is 2.09. The SMILES string of the molecule is c1nc2n[nH]oc-2n1. The Labute approximate surface area is 44.0 Å². The molecular formula is C3H2N4O. The molecule has 1 N–H and O–H groups in total. The largest absolute Gasteiger partial charge is 0.340 e. The Morgan fingerprint density at radius 2 is 2.50 bits per heavy atom. The van der Waals surface area contributed by atoms with Crippen molar-refractivity contribution in [1.82, 2.24) is 20.3 Å². The van der Waals surface area contributed by atoms with Gasteiger partial charge in [-0.2, -0.15) is 4.98 Å². The van der Waals surface area contributed by atoms with Crippen LogP contribution >= 0.6 is 0 Å². The van der Waals surface area contributed by atoms with Gasteiger partial charge in [-0.05, 0) is 0 Å². The summed E-state index contributed by atoms with van der Waals surface area (Å²) in [6, 6.07) is 0. The number of aromatic amines is 1. The van der Waals surface area contributed by atoms with Gasteiger partial charge < -0.3 is 4.52 Å². The van der Waals surface area contributed by atoms with E-state index in [1.807, 2.05) is 0 Å². The van der Waals surface area contributed by atoms with Crippen LogP contribution < -0.4 is 0 Å². The minimum atomic E-state index is 0.449. The zero-order chi connectivity index (χ0) is 5.40. The average molecular weight is 110 g/mol. The zero-order valence-electron chi connectivity index (χ0n) is 3.83. The fourth-order valence-corrected chi connectivity index (χ4v) is 0.507. The second kappa shape index (κ2) is 1.06. The Kier molecular flexibility index (Phi) is 0.476. The predicted molar refractivity (Wildman–Crippen MR) is 23.1 cm³/mol. The van der Waals surface area contributed by atoms with Crippen molar-refractivity contribution in [2.45, 2.75) is 0 Å². The number of fused-ring (bicyclic) bond motifs is 1. The summed E-state index contributed by atoms with van der Waals surface area (Å²) < 4.78 is 4.65. The van der Waals surface area contributed by atoms with Crippen molar-refractivity contribution in [3.8, 4) is 11.7 Å². The third-order valence-corrected chi connectivity index (χ3v) is 0.840. The smallest absolute Gasteiger partial charge is 0.296 e. The van der Waals surface area contributed by atoms with E-state index in [0.29, 0.717) is 11.7 Å². The molecule has 40 valence electrons. The molecular weight excluding hydrogens is 108 g/mol. The van der Waals surface area contributed by atoms with Crippen molar-refractivity contribution >= 4 is 0 Å². The zero-order valence-corrected chi connectivity index (χ0v) is 3.83. The van der Waals surface area contributed by atoms with E-state index >= 15 is 0 Å². The van der Waals surface area contributed by atoms with Gasteiger partial charge in [-0.1, -0.05) is 0 Å². The summed E-state index contributed by atoms with van der Waals surface area (Å²) in [5.74, 6) is 0.968. The first-order chi connectivity index (χ1) is 3.97. The lowest BCUT2D eigenvalue weighted by Gasteiger charge is -1.66. The Morgan fingerprint density at radius 1 is 1.50 bits per heavy atom. The molecule has 0 aromatic carbocycles. The van der Waals surface area contributed by atoms with E-state index in [-0.39, 0.29) is 0 Å². The predicted octanol–water partition coefficient (Wildman–Crippen LogP) is -0.103. The first-order valence-corrected chi connectivity index (χ1v) is 2.07. The molecule has 0 amide bonds. The van der Waals surface area contributed by atoms with Crippen molar-refractivity contribution < 1.29 is 4.52 Å². The number of hydrogen-bond donors (Lipinski definition) is 1. The maximum atomic E-state index is 4.65. The highest BCUT2D eigenvalue weighted by atomic mass is 16.5. The first kappa shape index (κ1) is 3.59. The van der Waals surface area contributed by atoms with Crippen LogP contribution in [0.15, 0.2) is 10.9 Å². The van der Waals surface area contributed by atoms with Crippen molar-refractivity contribution in [2.24, 2.45) is 0 Å². The summed E-state index contributed by atoms with van der Waals surface area (Å²) in [7, 11) is 0. The Morgan fingerprint density at radius 3 is 3.38 bits per heavy atom. The monoisotopic (exact) mass is 110 g/mol. The Hall–Kier alpha value is -1.39. The van der Waals surface area contributed by atoms with Crippen molar-refractivity contribution in [3.05, 3.63) is 6.33 Å². The lowest BCUT2D eigenvalue weighted by Crippen LogP contribution is -1.69. The standard InChI is InChI=1S/C3H2N4O/c1-4-2-3(5-1)8-7-6-2/h1,7H. The van der Waals surface area contributed by atoms with Crippen LogP contribution in [0, 0.1) is 0 Å².